The predicted octanol–water partition coefficient (Wildman–Crippen LogP) is 1.75. The van der Waals surface area contributed by atoms with Crippen LogP contribution < -0.4 is 0 Å². The number of aryl methyl sites for hydroxylation is 1. The maximum absolute atomic E-state index is 10.4. The molecule has 2 heterocycles. The van der Waals surface area contributed by atoms with Crippen LogP contribution in [0.15, 0.2) is 16.7 Å². The molecule has 0 fully saturated rings. The van der Waals surface area contributed by atoms with Gasteiger partial charge in [0.2, 0.25) is 0 Å². The highest BCUT2D eigenvalue weighted by Gasteiger charge is 2.20. The van der Waals surface area contributed by atoms with Gasteiger partial charge in [-0.3, -0.25) is 0 Å². The second-order valence-corrected chi connectivity index (χ2v) is 2.83. The zero-order valence-corrected chi connectivity index (χ0v) is 7.22. The monoisotopic (exact) mass is 194 g/mol. The van der Waals surface area contributed by atoms with Crippen molar-refractivity contribution in [2.75, 3.05) is 0 Å². The number of hydrogen-bond donors (Lipinski definition) is 1. The Morgan fingerprint density at radius 1 is 1.64 bits per heavy atom. The Morgan fingerprint density at radius 3 is 3.00 bits per heavy atom. The molecule has 0 bridgehead atoms. The van der Waals surface area contributed by atoms with E-state index in [1.54, 1.807) is 13.0 Å². The lowest BCUT2D eigenvalue weighted by Crippen LogP contribution is -1.91. The molecule has 0 aliphatic heterocycles. The van der Waals surface area contributed by atoms with Crippen molar-refractivity contribution in [3.63, 3.8) is 0 Å². The maximum Gasteiger partial charge on any atom is 0.410 e. The van der Waals surface area contributed by atoms with E-state index < -0.39 is 16.5 Å². The summed E-state index contributed by atoms with van der Waals surface area (Å²) in [6, 6.07) is 1.64. The number of nitrogens with zero attached hydrogens (tertiary/aromatic N) is 2. The summed E-state index contributed by atoms with van der Waals surface area (Å²) in [6.07, 6.45) is 1.30. The first-order valence-electron chi connectivity index (χ1n) is 3.82. The number of nitro groups is 1. The van der Waals surface area contributed by atoms with Gasteiger partial charge in [-0.05, 0) is 22.9 Å². The number of pyridine rings is 1. The molecule has 0 aromatic carbocycles. The standard InChI is InChI=1S/C8H6N2O4/c1-4-2-5-3-9-8(10(12)13)6(11)7(5)14-4/h2-3,11H,1H3. The third-order valence-electron chi connectivity index (χ3n) is 1.81. The molecule has 2 aromatic rings. The van der Waals surface area contributed by atoms with Crippen molar-refractivity contribution < 1.29 is 14.4 Å². The third-order valence-corrected chi connectivity index (χ3v) is 1.81. The molecule has 0 aliphatic carbocycles. The van der Waals surface area contributed by atoms with Crippen LogP contribution in [0.1, 0.15) is 5.76 Å². The second kappa shape index (κ2) is 2.69. The summed E-state index contributed by atoms with van der Waals surface area (Å²) >= 11 is 0. The van der Waals surface area contributed by atoms with Gasteiger partial charge in [0, 0.05) is 0 Å². The van der Waals surface area contributed by atoms with Crippen LogP contribution in [0.25, 0.3) is 11.0 Å². The number of hydrogen-bond acceptors (Lipinski definition) is 5. The van der Waals surface area contributed by atoms with E-state index in [4.69, 9.17) is 4.42 Å². The third kappa shape index (κ3) is 1.08. The quantitative estimate of drug-likeness (QED) is 0.551. The first kappa shape index (κ1) is 8.49. The molecule has 6 nitrogen and oxygen atoms in total. The normalized spacial score (nSPS) is 10.6. The molecule has 6 heteroatoms. The first-order valence-corrected chi connectivity index (χ1v) is 3.82. The van der Waals surface area contributed by atoms with Crippen molar-refractivity contribution in [2.45, 2.75) is 6.92 Å². The fourth-order valence-electron chi connectivity index (χ4n) is 1.24. The molecule has 0 saturated carbocycles. The lowest BCUT2D eigenvalue weighted by molar-refractivity contribution is -0.390. The van der Waals surface area contributed by atoms with Gasteiger partial charge in [-0.2, -0.15) is 0 Å². The molecule has 0 amide bonds. The van der Waals surface area contributed by atoms with Gasteiger partial charge >= 0.3 is 5.82 Å². The summed E-state index contributed by atoms with van der Waals surface area (Å²) < 4.78 is 5.10. The maximum atomic E-state index is 10.4. The minimum Gasteiger partial charge on any atom is -0.498 e. The molecule has 0 unspecified atom stereocenters. The van der Waals surface area contributed by atoms with Gasteiger partial charge in [-0.25, -0.2) is 0 Å². The number of furan rings is 1. The molecule has 14 heavy (non-hydrogen) atoms. The number of rotatable bonds is 1. The Balaban J connectivity index is 2.80. The second-order valence-electron chi connectivity index (χ2n) is 2.83. The van der Waals surface area contributed by atoms with Gasteiger partial charge in [0.1, 0.15) is 5.76 Å². The molecule has 2 rings (SSSR count). The summed E-state index contributed by atoms with van der Waals surface area (Å²) in [5.41, 5.74) is 0.101. The Bertz CT molecular complexity index is 517. The Labute approximate surface area is 77.9 Å². The van der Waals surface area contributed by atoms with Gasteiger partial charge in [0.25, 0.3) is 5.75 Å². The van der Waals surface area contributed by atoms with Crippen LogP contribution in [-0.4, -0.2) is 15.0 Å². The van der Waals surface area contributed by atoms with Crippen molar-refractivity contribution in [1.82, 2.24) is 4.98 Å². The number of fused-ring (bicyclic) bond motifs is 1. The highest BCUT2D eigenvalue weighted by atomic mass is 16.6. The van der Waals surface area contributed by atoms with Crippen LogP contribution >= 0.6 is 0 Å². The van der Waals surface area contributed by atoms with Crippen molar-refractivity contribution in [1.29, 1.82) is 0 Å². The fraction of sp³-hybridized carbons (Fsp3) is 0.125. The molecule has 0 atom stereocenters. The summed E-state index contributed by atoms with van der Waals surface area (Å²) in [6.45, 7) is 1.69. The van der Waals surface area contributed by atoms with E-state index in [0.29, 0.717) is 11.1 Å². The molecule has 1 N–H and O–H groups in total. The molecular formula is C8H6N2O4. The molecule has 72 valence electrons. The van der Waals surface area contributed by atoms with E-state index in [9.17, 15) is 15.2 Å². The molecule has 0 spiro atoms. The van der Waals surface area contributed by atoms with E-state index in [1.165, 1.54) is 6.20 Å². The largest absolute Gasteiger partial charge is 0.498 e. The molecule has 0 aliphatic rings. The average molecular weight is 194 g/mol. The molecule has 0 saturated heterocycles. The summed E-state index contributed by atoms with van der Waals surface area (Å²) in [5, 5.41) is 20.4. The first-order chi connectivity index (χ1) is 6.59. The van der Waals surface area contributed by atoms with Crippen LogP contribution in [-0.2, 0) is 0 Å². The summed E-state index contributed by atoms with van der Waals surface area (Å²) in [7, 11) is 0. The van der Waals surface area contributed by atoms with Crippen LogP contribution in [0.2, 0.25) is 0 Å². The Kier molecular flexibility index (Phi) is 1.63. The molecular weight excluding hydrogens is 188 g/mol. The number of aromatic hydroxyl groups is 1. The van der Waals surface area contributed by atoms with Crippen LogP contribution in [0.3, 0.4) is 0 Å². The minimum atomic E-state index is -0.757. The summed E-state index contributed by atoms with van der Waals surface area (Å²) in [5.74, 6) is -0.551. The Hall–Kier alpha value is -2.11. The van der Waals surface area contributed by atoms with Crippen LogP contribution in [0, 0.1) is 17.0 Å². The van der Waals surface area contributed by atoms with E-state index in [1.807, 2.05) is 0 Å². The van der Waals surface area contributed by atoms with E-state index in [-0.39, 0.29) is 5.58 Å². The van der Waals surface area contributed by atoms with Gasteiger partial charge < -0.3 is 19.6 Å². The smallest absolute Gasteiger partial charge is 0.410 e. The zero-order valence-electron chi connectivity index (χ0n) is 7.22. The van der Waals surface area contributed by atoms with E-state index in [2.05, 4.69) is 4.98 Å². The van der Waals surface area contributed by atoms with Crippen molar-refractivity contribution in [2.24, 2.45) is 0 Å². The van der Waals surface area contributed by atoms with Crippen molar-refractivity contribution in [3.05, 3.63) is 28.1 Å². The number of aromatic nitrogens is 1. The van der Waals surface area contributed by atoms with Crippen LogP contribution in [0.5, 0.6) is 5.75 Å². The highest BCUT2D eigenvalue weighted by Crippen LogP contribution is 2.33. The van der Waals surface area contributed by atoms with E-state index >= 15 is 0 Å². The topological polar surface area (TPSA) is 89.4 Å². The average Bonchev–Trinajstić information content (AvgIpc) is 2.46. The minimum absolute atomic E-state index is 0.101. The SMILES string of the molecule is Cc1cc2cnc([N+](=O)[O-])c(O)c2o1. The lowest BCUT2D eigenvalue weighted by atomic mass is 10.3. The summed E-state index contributed by atoms with van der Waals surface area (Å²) in [4.78, 5) is 13.2. The van der Waals surface area contributed by atoms with Gasteiger partial charge in [-0.15, -0.1) is 0 Å². The van der Waals surface area contributed by atoms with Crippen LogP contribution in [0.4, 0.5) is 5.82 Å². The zero-order chi connectivity index (χ0) is 10.3. The van der Waals surface area contributed by atoms with Gasteiger partial charge in [0.05, 0.1) is 5.39 Å². The molecule has 0 radical (unpaired) electrons. The van der Waals surface area contributed by atoms with Crippen molar-refractivity contribution >= 4 is 16.8 Å². The van der Waals surface area contributed by atoms with Crippen molar-refractivity contribution in [3.8, 4) is 5.75 Å². The Morgan fingerprint density at radius 2 is 2.36 bits per heavy atom. The van der Waals surface area contributed by atoms with Gasteiger partial charge in [-0.1, -0.05) is 0 Å². The van der Waals surface area contributed by atoms with Gasteiger partial charge in [0.15, 0.2) is 11.8 Å². The van der Waals surface area contributed by atoms with E-state index in [0.717, 1.165) is 0 Å². The molecule has 2 aromatic heterocycles. The predicted molar refractivity (Wildman–Crippen MR) is 47.1 cm³/mol. The lowest BCUT2D eigenvalue weighted by Gasteiger charge is -1.94. The fourth-order valence-corrected chi connectivity index (χ4v) is 1.24. The highest BCUT2D eigenvalue weighted by molar-refractivity contribution is 5.85.